The van der Waals surface area contributed by atoms with Gasteiger partial charge in [0.2, 0.25) is 11.6 Å². The van der Waals surface area contributed by atoms with E-state index < -0.39 is 23.4 Å². The highest BCUT2D eigenvalue weighted by atomic mass is 32.1. The highest BCUT2D eigenvalue weighted by Gasteiger charge is 2.33. The van der Waals surface area contributed by atoms with Gasteiger partial charge >= 0.3 is 11.8 Å². The average Bonchev–Trinajstić information content (AvgIpc) is 3.47. The van der Waals surface area contributed by atoms with Crippen LogP contribution in [0.15, 0.2) is 72.8 Å². The van der Waals surface area contributed by atoms with Crippen LogP contribution in [-0.2, 0) is 0 Å². The first-order valence-corrected chi connectivity index (χ1v) is 11.8. The quantitative estimate of drug-likeness (QED) is 0.188. The lowest BCUT2D eigenvalue weighted by molar-refractivity contribution is 0.0221. The van der Waals surface area contributed by atoms with E-state index in [-0.39, 0.29) is 11.1 Å². The molecule has 0 aliphatic rings. The minimum Gasteiger partial charge on any atom is -0.287 e. The molecule has 0 radical (unpaired) electrons. The summed E-state index contributed by atoms with van der Waals surface area (Å²) in [7, 11) is 0. The fraction of sp³-hybridized carbons (Fsp3) is 0.154. The third-order valence-corrected chi connectivity index (χ3v) is 7.58. The molecule has 8 heteroatoms. The van der Waals surface area contributed by atoms with Crippen molar-refractivity contribution in [2.24, 2.45) is 0 Å². The number of carbonyl (C=O) groups excluding carboxylic acids is 2. The van der Waals surface area contributed by atoms with Crippen LogP contribution in [0.3, 0.4) is 0 Å². The molecule has 0 aliphatic heterocycles. The molecule has 2 aromatic carbocycles. The molecule has 0 atom stereocenters. The summed E-state index contributed by atoms with van der Waals surface area (Å²) in [6.45, 7) is 1.17. The number of ketones is 2. The van der Waals surface area contributed by atoms with Crippen LogP contribution in [0.25, 0.3) is 30.6 Å². The van der Waals surface area contributed by atoms with Gasteiger partial charge < -0.3 is 0 Å². The molecule has 2 nitrogen and oxygen atoms in total. The number of benzene rings is 2. The van der Waals surface area contributed by atoms with Crippen LogP contribution < -0.4 is 0 Å². The van der Waals surface area contributed by atoms with Gasteiger partial charge in [-0.1, -0.05) is 48.5 Å². The van der Waals surface area contributed by atoms with E-state index in [0.717, 1.165) is 30.6 Å². The summed E-state index contributed by atoms with van der Waals surface area (Å²) >= 11 is 3.05. The van der Waals surface area contributed by atoms with Gasteiger partial charge in [-0.15, -0.1) is 22.7 Å². The van der Waals surface area contributed by atoms with Gasteiger partial charge in [-0.3, -0.25) is 9.59 Å². The molecule has 0 aliphatic carbocycles. The van der Waals surface area contributed by atoms with Gasteiger partial charge in [0.1, 0.15) is 0 Å². The molecule has 0 fully saturated rings. The average molecular weight is 503 g/mol. The number of rotatable bonds is 7. The Balaban J connectivity index is 1.52. The summed E-state index contributed by atoms with van der Waals surface area (Å²) in [4.78, 5) is 27.3. The Hall–Kier alpha value is -3.10. The summed E-state index contributed by atoms with van der Waals surface area (Å²) < 4.78 is 53.0. The maximum atomic E-state index is 13.3. The number of Topliss-reactive ketones (excluding diaryl/α,β-unsaturated/α-hetero) is 2. The first-order valence-electron chi connectivity index (χ1n) is 10.2. The van der Waals surface area contributed by atoms with Crippen molar-refractivity contribution >= 4 is 34.2 Å². The van der Waals surface area contributed by atoms with Gasteiger partial charge in [0.15, 0.2) is 0 Å². The summed E-state index contributed by atoms with van der Waals surface area (Å²) in [5.74, 6) is -9.24. The van der Waals surface area contributed by atoms with Crippen LogP contribution in [0.5, 0.6) is 0 Å². The fourth-order valence-electron chi connectivity index (χ4n) is 3.33. The van der Waals surface area contributed by atoms with E-state index in [9.17, 15) is 27.2 Å². The smallest absolute Gasteiger partial charge is 0.287 e. The molecule has 34 heavy (non-hydrogen) atoms. The maximum Gasteiger partial charge on any atom is 0.307 e. The third kappa shape index (κ3) is 5.03. The van der Waals surface area contributed by atoms with Crippen molar-refractivity contribution in [3.63, 3.8) is 0 Å². The van der Waals surface area contributed by atoms with Crippen molar-refractivity contribution in [2.45, 2.75) is 25.7 Å². The number of alkyl halides is 4. The minimum absolute atomic E-state index is 0.0358. The van der Waals surface area contributed by atoms with Crippen molar-refractivity contribution in [2.75, 3.05) is 0 Å². The lowest BCUT2D eigenvalue weighted by Gasteiger charge is -2.09. The second-order valence-corrected chi connectivity index (χ2v) is 10.1. The first-order chi connectivity index (χ1) is 15.9. The number of halogens is 4. The maximum absolute atomic E-state index is 13.3. The molecule has 0 spiro atoms. The van der Waals surface area contributed by atoms with Crippen molar-refractivity contribution < 1.29 is 27.2 Å². The standard InChI is InChI=1S/C26H18F4O2S2/c1-25(27,28)23(31)17-7-3-15(4-8-17)19-11-13-21(33-19)22-14-12-20(34-22)16-5-9-18(10-6-16)24(32)26(2,29)30/h3-14H,1-2H3. The van der Waals surface area contributed by atoms with E-state index in [1.165, 1.54) is 46.9 Å². The highest BCUT2D eigenvalue weighted by Crippen LogP contribution is 2.40. The number of hydrogen-bond acceptors (Lipinski definition) is 4. The Morgan fingerprint density at radius 3 is 1.12 bits per heavy atom. The van der Waals surface area contributed by atoms with Gasteiger partial charge in [0.05, 0.1) is 0 Å². The largest absolute Gasteiger partial charge is 0.307 e. The summed E-state index contributed by atoms with van der Waals surface area (Å²) in [6, 6.07) is 20.0. The second kappa shape index (κ2) is 8.92. The molecule has 0 bridgehead atoms. The topological polar surface area (TPSA) is 34.1 Å². The Kier molecular flexibility index (Phi) is 6.31. The van der Waals surface area contributed by atoms with Gasteiger partial charge in [0.25, 0.3) is 0 Å². The molecule has 174 valence electrons. The monoisotopic (exact) mass is 502 g/mol. The molecule has 0 N–H and O–H groups in total. The SMILES string of the molecule is CC(F)(F)C(=O)c1ccc(-c2ccc(-c3ccc(-c4ccc(C(=O)C(C)(F)F)cc4)s3)s2)cc1. The zero-order valence-electron chi connectivity index (χ0n) is 18.1. The molecule has 0 amide bonds. The molecule has 2 heterocycles. The van der Waals surface area contributed by atoms with Crippen LogP contribution in [0.2, 0.25) is 0 Å². The third-order valence-electron chi connectivity index (χ3n) is 5.12. The normalized spacial score (nSPS) is 12.1. The van der Waals surface area contributed by atoms with E-state index in [1.807, 2.05) is 24.3 Å². The van der Waals surface area contributed by atoms with Crippen LogP contribution in [0, 0.1) is 0 Å². The van der Waals surface area contributed by atoms with Gasteiger partial charge in [-0.2, -0.15) is 17.6 Å². The van der Waals surface area contributed by atoms with Gasteiger partial charge in [0, 0.05) is 44.5 Å². The Morgan fingerprint density at radius 1 is 0.529 bits per heavy atom. The number of thiophene rings is 2. The molecule has 0 unspecified atom stereocenters. The predicted octanol–water partition coefficient (Wildman–Crippen LogP) is 8.49. The molecule has 0 saturated carbocycles. The van der Waals surface area contributed by atoms with Crippen LogP contribution in [0.1, 0.15) is 34.6 Å². The molecule has 4 aromatic rings. The van der Waals surface area contributed by atoms with Crippen LogP contribution in [0.4, 0.5) is 17.6 Å². The van der Waals surface area contributed by atoms with E-state index in [4.69, 9.17) is 0 Å². The molecular weight excluding hydrogens is 484 g/mol. The summed E-state index contributed by atoms with van der Waals surface area (Å²) in [6.07, 6.45) is 0. The predicted molar refractivity (Wildman–Crippen MR) is 128 cm³/mol. The minimum atomic E-state index is -3.41. The van der Waals surface area contributed by atoms with Crippen molar-refractivity contribution in [3.8, 4) is 30.6 Å². The fourth-order valence-corrected chi connectivity index (χ4v) is 5.44. The van der Waals surface area contributed by atoms with E-state index in [1.54, 1.807) is 24.3 Å². The van der Waals surface area contributed by atoms with E-state index >= 15 is 0 Å². The van der Waals surface area contributed by atoms with Crippen LogP contribution in [-0.4, -0.2) is 23.4 Å². The Morgan fingerprint density at radius 2 is 0.824 bits per heavy atom. The number of carbonyl (C=O) groups is 2. The molecule has 4 rings (SSSR count). The number of hydrogen-bond donors (Lipinski definition) is 0. The van der Waals surface area contributed by atoms with Crippen LogP contribution >= 0.6 is 22.7 Å². The van der Waals surface area contributed by atoms with Crippen molar-refractivity contribution in [1.82, 2.24) is 0 Å². The molecule has 2 aromatic heterocycles. The van der Waals surface area contributed by atoms with E-state index in [2.05, 4.69) is 0 Å². The van der Waals surface area contributed by atoms with Crippen molar-refractivity contribution in [1.29, 1.82) is 0 Å². The van der Waals surface area contributed by atoms with Gasteiger partial charge in [-0.05, 0) is 35.4 Å². The Labute approximate surface area is 201 Å². The zero-order chi connectivity index (χ0) is 24.7. The Bertz CT molecular complexity index is 1230. The zero-order valence-corrected chi connectivity index (χ0v) is 19.7. The summed E-state index contributed by atoms with van der Waals surface area (Å²) in [5, 5.41) is 0. The molecular formula is C26H18F4O2S2. The van der Waals surface area contributed by atoms with Crippen molar-refractivity contribution in [3.05, 3.63) is 83.9 Å². The highest BCUT2D eigenvalue weighted by molar-refractivity contribution is 7.25. The van der Waals surface area contributed by atoms with E-state index in [0.29, 0.717) is 13.8 Å². The first kappa shape index (κ1) is 24.0. The molecule has 0 saturated heterocycles. The lowest BCUT2D eigenvalue weighted by Crippen LogP contribution is -2.24. The van der Waals surface area contributed by atoms with Gasteiger partial charge in [-0.25, -0.2) is 0 Å². The second-order valence-electron chi connectivity index (χ2n) is 7.92. The lowest BCUT2D eigenvalue weighted by atomic mass is 10.0. The summed E-state index contributed by atoms with van der Waals surface area (Å²) in [5.41, 5.74) is 1.56.